The van der Waals surface area contributed by atoms with Crippen molar-refractivity contribution >= 4 is 0 Å². The monoisotopic (exact) mass is 252 g/mol. The minimum Gasteiger partial charge on any atom is -0.370 e. The van der Waals surface area contributed by atoms with Gasteiger partial charge < -0.3 is 15.0 Å². The van der Waals surface area contributed by atoms with Crippen molar-refractivity contribution < 1.29 is 4.74 Å². The molecule has 0 radical (unpaired) electrons. The molecule has 3 aliphatic rings. The third kappa shape index (κ3) is 2.73. The molecule has 1 aliphatic carbocycles. The Morgan fingerprint density at radius 3 is 2.56 bits per heavy atom. The molecule has 1 spiro atoms. The summed E-state index contributed by atoms with van der Waals surface area (Å²) in [5.74, 6) is 0. The summed E-state index contributed by atoms with van der Waals surface area (Å²) >= 11 is 0. The van der Waals surface area contributed by atoms with Gasteiger partial charge >= 0.3 is 0 Å². The van der Waals surface area contributed by atoms with Crippen LogP contribution >= 0.6 is 0 Å². The van der Waals surface area contributed by atoms with E-state index in [1.165, 1.54) is 64.5 Å². The number of ether oxygens (including phenoxy) is 1. The minimum absolute atomic E-state index is 0.305. The van der Waals surface area contributed by atoms with Gasteiger partial charge in [0, 0.05) is 12.6 Å². The van der Waals surface area contributed by atoms with Crippen molar-refractivity contribution in [3.63, 3.8) is 0 Å². The quantitative estimate of drug-likeness (QED) is 0.833. The SMILES string of the molecule is CN(CC1CCC2(CCCC2)O1)C1CCNCC1. The Bertz CT molecular complexity index is 270. The van der Waals surface area contributed by atoms with Gasteiger partial charge in [-0.05, 0) is 58.7 Å². The molecule has 0 aromatic heterocycles. The fourth-order valence-corrected chi connectivity index (χ4v) is 4.13. The number of piperidine rings is 1. The lowest BCUT2D eigenvalue weighted by molar-refractivity contribution is -0.0494. The number of rotatable bonds is 3. The van der Waals surface area contributed by atoms with E-state index < -0.39 is 0 Å². The van der Waals surface area contributed by atoms with E-state index in [9.17, 15) is 0 Å². The van der Waals surface area contributed by atoms with Crippen LogP contribution in [0.1, 0.15) is 51.4 Å². The summed E-state index contributed by atoms with van der Waals surface area (Å²) in [6, 6.07) is 0.773. The van der Waals surface area contributed by atoms with E-state index in [0.29, 0.717) is 11.7 Å². The molecule has 0 aromatic rings. The van der Waals surface area contributed by atoms with E-state index in [1.807, 2.05) is 0 Å². The summed E-state index contributed by atoms with van der Waals surface area (Å²) in [5, 5.41) is 3.44. The first kappa shape index (κ1) is 12.9. The zero-order valence-corrected chi connectivity index (χ0v) is 11.8. The average molecular weight is 252 g/mol. The second-order valence-electron chi connectivity index (χ2n) is 6.59. The minimum atomic E-state index is 0.305. The molecule has 0 bridgehead atoms. The Hall–Kier alpha value is -0.120. The van der Waals surface area contributed by atoms with Crippen molar-refractivity contribution in [2.75, 3.05) is 26.7 Å². The molecule has 0 aromatic carbocycles. The van der Waals surface area contributed by atoms with Gasteiger partial charge in [-0.15, -0.1) is 0 Å². The Morgan fingerprint density at radius 1 is 1.11 bits per heavy atom. The van der Waals surface area contributed by atoms with Gasteiger partial charge in [-0.2, -0.15) is 0 Å². The van der Waals surface area contributed by atoms with Gasteiger partial charge in [-0.25, -0.2) is 0 Å². The van der Waals surface area contributed by atoms with Crippen LogP contribution in [-0.4, -0.2) is 49.3 Å². The number of hydrogen-bond donors (Lipinski definition) is 1. The van der Waals surface area contributed by atoms with Crippen LogP contribution in [0.25, 0.3) is 0 Å². The van der Waals surface area contributed by atoms with Crippen LogP contribution in [0.15, 0.2) is 0 Å². The number of nitrogens with zero attached hydrogens (tertiary/aromatic N) is 1. The number of nitrogens with one attached hydrogen (secondary N) is 1. The topological polar surface area (TPSA) is 24.5 Å². The first-order valence-corrected chi connectivity index (χ1v) is 7.86. The summed E-state index contributed by atoms with van der Waals surface area (Å²) in [7, 11) is 2.29. The Kier molecular flexibility index (Phi) is 3.92. The molecule has 1 N–H and O–H groups in total. The summed E-state index contributed by atoms with van der Waals surface area (Å²) in [5.41, 5.74) is 0.305. The molecule has 2 saturated heterocycles. The smallest absolute Gasteiger partial charge is 0.0710 e. The molecule has 104 valence electrons. The van der Waals surface area contributed by atoms with Gasteiger partial charge in [-0.1, -0.05) is 12.8 Å². The molecule has 3 heteroatoms. The van der Waals surface area contributed by atoms with E-state index in [2.05, 4.69) is 17.3 Å². The van der Waals surface area contributed by atoms with Crippen molar-refractivity contribution in [1.82, 2.24) is 10.2 Å². The molecule has 1 atom stereocenters. The summed E-state index contributed by atoms with van der Waals surface area (Å²) in [6.07, 6.45) is 11.1. The highest BCUT2D eigenvalue weighted by molar-refractivity contribution is 4.93. The van der Waals surface area contributed by atoms with Crippen molar-refractivity contribution in [3.05, 3.63) is 0 Å². The lowest BCUT2D eigenvalue weighted by atomic mass is 9.98. The lowest BCUT2D eigenvalue weighted by Gasteiger charge is -2.33. The highest BCUT2D eigenvalue weighted by Crippen LogP contribution is 2.43. The van der Waals surface area contributed by atoms with Crippen LogP contribution in [0, 0.1) is 0 Å². The van der Waals surface area contributed by atoms with Crippen molar-refractivity contribution in [2.45, 2.75) is 69.1 Å². The maximum Gasteiger partial charge on any atom is 0.0710 e. The molecule has 2 heterocycles. The predicted octanol–water partition coefficient (Wildman–Crippen LogP) is 2.16. The fraction of sp³-hybridized carbons (Fsp3) is 1.00. The summed E-state index contributed by atoms with van der Waals surface area (Å²) in [4.78, 5) is 2.56. The molecule has 2 aliphatic heterocycles. The normalized spacial score (nSPS) is 32.7. The Labute approximate surface area is 111 Å². The zero-order valence-electron chi connectivity index (χ0n) is 11.8. The van der Waals surface area contributed by atoms with Crippen molar-refractivity contribution in [1.29, 1.82) is 0 Å². The molecular formula is C15H28N2O. The van der Waals surface area contributed by atoms with Gasteiger partial charge in [0.1, 0.15) is 0 Å². The molecule has 3 rings (SSSR count). The molecule has 3 nitrogen and oxygen atoms in total. The van der Waals surface area contributed by atoms with E-state index in [0.717, 1.165) is 12.6 Å². The first-order chi connectivity index (χ1) is 8.77. The van der Waals surface area contributed by atoms with Crippen LogP contribution in [0.2, 0.25) is 0 Å². The van der Waals surface area contributed by atoms with Gasteiger partial charge in [0.15, 0.2) is 0 Å². The van der Waals surface area contributed by atoms with E-state index >= 15 is 0 Å². The van der Waals surface area contributed by atoms with Crippen LogP contribution < -0.4 is 5.32 Å². The first-order valence-electron chi connectivity index (χ1n) is 7.86. The summed E-state index contributed by atoms with van der Waals surface area (Å²) in [6.45, 7) is 3.52. The average Bonchev–Trinajstić information content (AvgIpc) is 3.02. The third-order valence-corrected chi connectivity index (χ3v) is 5.28. The van der Waals surface area contributed by atoms with E-state index in [4.69, 9.17) is 4.74 Å². The van der Waals surface area contributed by atoms with Gasteiger partial charge in [0.05, 0.1) is 11.7 Å². The predicted molar refractivity (Wildman–Crippen MR) is 73.8 cm³/mol. The van der Waals surface area contributed by atoms with E-state index in [1.54, 1.807) is 0 Å². The molecular weight excluding hydrogens is 224 g/mol. The zero-order chi connectivity index (χ0) is 12.4. The number of hydrogen-bond acceptors (Lipinski definition) is 3. The second-order valence-corrected chi connectivity index (χ2v) is 6.59. The van der Waals surface area contributed by atoms with Crippen LogP contribution in [0.4, 0.5) is 0 Å². The fourth-order valence-electron chi connectivity index (χ4n) is 4.13. The second kappa shape index (κ2) is 5.48. The maximum absolute atomic E-state index is 6.41. The van der Waals surface area contributed by atoms with Crippen LogP contribution in [0.5, 0.6) is 0 Å². The molecule has 0 amide bonds. The lowest BCUT2D eigenvalue weighted by Crippen LogP contribution is -2.44. The largest absolute Gasteiger partial charge is 0.370 e. The van der Waals surface area contributed by atoms with E-state index in [-0.39, 0.29) is 0 Å². The highest BCUT2D eigenvalue weighted by Gasteiger charge is 2.42. The van der Waals surface area contributed by atoms with Crippen LogP contribution in [0.3, 0.4) is 0 Å². The van der Waals surface area contributed by atoms with Crippen molar-refractivity contribution in [2.24, 2.45) is 0 Å². The van der Waals surface area contributed by atoms with Gasteiger partial charge in [0.25, 0.3) is 0 Å². The summed E-state index contributed by atoms with van der Waals surface area (Å²) < 4.78 is 6.41. The van der Waals surface area contributed by atoms with Crippen molar-refractivity contribution in [3.8, 4) is 0 Å². The van der Waals surface area contributed by atoms with Gasteiger partial charge in [0.2, 0.25) is 0 Å². The molecule has 1 saturated carbocycles. The molecule has 3 fully saturated rings. The standard InChI is InChI=1S/C15H28N2O/c1-17(13-5-10-16-11-6-13)12-14-4-9-15(18-14)7-2-3-8-15/h13-14,16H,2-12H2,1H3. The highest BCUT2D eigenvalue weighted by atomic mass is 16.5. The maximum atomic E-state index is 6.41. The van der Waals surface area contributed by atoms with Crippen LogP contribution in [-0.2, 0) is 4.74 Å². The molecule has 18 heavy (non-hydrogen) atoms. The molecule has 1 unspecified atom stereocenters. The van der Waals surface area contributed by atoms with Gasteiger partial charge in [-0.3, -0.25) is 0 Å². The Balaban J connectivity index is 1.48. The Morgan fingerprint density at radius 2 is 1.83 bits per heavy atom. The third-order valence-electron chi connectivity index (χ3n) is 5.28. The number of likely N-dealkylation sites (N-methyl/N-ethyl adjacent to an activating group) is 1.